The number of carbonyl (C=O) groups excluding carboxylic acids is 1. The molecule has 0 heterocycles. The lowest BCUT2D eigenvalue weighted by Crippen LogP contribution is -2.49. The van der Waals surface area contributed by atoms with Crippen LogP contribution in [0.5, 0.6) is 0 Å². The molecule has 0 aromatic rings. The topological polar surface area (TPSA) is 92.4 Å². The summed E-state index contributed by atoms with van der Waals surface area (Å²) in [6, 6.07) is -0.905. The molecule has 4 N–H and O–H groups in total. The minimum Gasteiger partial charge on any atom is -0.480 e. The monoisotopic (exact) mass is 224 g/mol. The van der Waals surface area contributed by atoms with E-state index in [-0.39, 0.29) is 24.4 Å². The molecule has 6 heteroatoms. The molecule has 0 spiro atoms. The number of hydrogen-bond donors (Lipinski definition) is 3. The van der Waals surface area contributed by atoms with Gasteiger partial charge in [-0.2, -0.15) is 0 Å². The SMILES string of the molecule is CC(C)(C)NC(CC(N)=O)C(=O)O.Cl. The van der Waals surface area contributed by atoms with E-state index >= 15 is 0 Å². The Bertz CT molecular complexity index is 213. The zero-order valence-electron chi connectivity index (χ0n) is 8.53. The lowest BCUT2D eigenvalue weighted by Gasteiger charge is -2.25. The molecule has 0 aliphatic rings. The third kappa shape index (κ3) is 7.82. The van der Waals surface area contributed by atoms with Gasteiger partial charge in [0.25, 0.3) is 0 Å². The van der Waals surface area contributed by atoms with Gasteiger partial charge in [-0.05, 0) is 20.8 Å². The van der Waals surface area contributed by atoms with Crippen molar-refractivity contribution in [2.45, 2.75) is 38.8 Å². The third-order valence-electron chi connectivity index (χ3n) is 1.31. The summed E-state index contributed by atoms with van der Waals surface area (Å²) in [5.74, 6) is -1.68. The van der Waals surface area contributed by atoms with Crippen LogP contribution in [0.25, 0.3) is 0 Å². The summed E-state index contributed by atoms with van der Waals surface area (Å²) < 4.78 is 0. The Labute approximate surface area is 89.5 Å². The van der Waals surface area contributed by atoms with Crippen LogP contribution in [0, 0.1) is 0 Å². The van der Waals surface area contributed by atoms with Crippen molar-refractivity contribution < 1.29 is 14.7 Å². The van der Waals surface area contributed by atoms with Gasteiger partial charge in [0, 0.05) is 5.54 Å². The van der Waals surface area contributed by atoms with E-state index in [0.29, 0.717) is 0 Å². The number of carboxylic acids is 1. The number of rotatable bonds is 4. The van der Waals surface area contributed by atoms with Gasteiger partial charge in [0.2, 0.25) is 5.91 Å². The van der Waals surface area contributed by atoms with Crippen molar-refractivity contribution in [3.8, 4) is 0 Å². The Kier molecular flexibility index (Phi) is 6.51. The smallest absolute Gasteiger partial charge is 0.321 e. The molecular weight excluding hydrogens is 208 g/mol. The van der Waals surface area contributed by atoms with E-state index in [0.717, 1.165) is 0 Å². The number of hydrogen-bond acceptors (Lipinski definition) is 3. The maximum absolute atomic E-state index is 10.6. The lowest BCUT2D eigenvalue weighted by molar-refractivity contribution is -0.141. The molecular formula is C8H17ClN2O3. The van der Waals surface area contributed by atoms with Crippen LogP contribution in [0.3, 0.4) is 0 Å². The van der Waals surface area contributed by atoms with E-state index in [1.165, 1.54) is 0 Å². The summed E-state index contributed by atoms with van der Waals surface area (Å²) in [5.41, 5.74) is 4.56. The molecule has 0 bridgehead atoms. The van der Waals surface area contributed by atoms with E-state index in [1.54, 1.807) is 0 Å². The van der Waals surface area contributed by atoms with Gasteiger partial charge in [-0.3, -0.25) is 14.9 Å². The fourth-order valence-corrected chi connectivity index (χ4v) is 0.924. The van der Waals surface area contributed by atoms with Crippen LogP contribution in [0.2, 0.25) is 0 Å². The predicted octanol–water partition coefficient (Wildman–Crippen LogP) is 0.125. The standard InChI is InChI=1S/C8H16N2O3.ClH/c1-8(2,3)10-5(7(12)13)4-6(9)11;/h5,10H,4H2,1-3H3,(H2,9,11)(H,12,13);1H. The number of halogens is 1. The first-order chi connectivity index (χ1) is 5.72. The number of primary amides is 1. The second kappa shape index (κ2) is 5.82. The van der Waals surface area contributed by atoms with Gasteiger partial charge in [-0.1, -0.05) is 0 Å². The fourth-order valence-electron chi connectivity index (χ4n) is 0.924. The molecule has 14 heavy (non-hydrogen) atoms. The second-order valence-electron chi connectivity index (χ2n) is 3.96. The molecule has 0 aliphatic heterocycles. The maximum atomic E-state index is 10.6. The van der Waals surface area contributed by atoms with Gasteiger partial charge in [0.1, 0.15) is 6.04 Å². The fraction of sp³-hybridized carbons (Fsp3) is 0.750. The van der Waals surface area contributed by atoms with Crippen molar-refractivity contribution >= 4 is 24.3 Å². The maximum Gasteiger partial charge on any atom is 0.321 e. The first-order valence-electron chi connectivity index (χ1n) is 4.01. The Morgan fingerprint density at radius 2 is 1.86 bits per heavy atom. The van der Waals surface area contributed by atoms with E-state index < -0.39 is 17.9 Å². The molecule has 0 fully saturated rings. The second-order valence-corrected chi connectivity index (χ2v) is 3.96. The van der Waals surface area contributed by atoms with Gasteiger partial charge < -0.3 is 10.8 Å². The molecule has 0 aromatic heterocycles. The van der Waals surface area contributed by atoms with Crippen molar-refractivity contribution in [1.29, 1.82) is 0 Å². The van der Waals surface area contributed by atoms with Gasteiger partial charge in [-0.25, -0.2) is 0 Å². The van der Waals surface area contributed by atoms with Gasteiger partial charge in [0.05, 0.1) is 6.42 Å². The predicted molar refractivity (Wildman–Crippen MR) is 55.4 cm³/mol. The third-order valence-corrected chi connectivity index (χ3v) is 1.31. The van der Waals surface area contributed by atoms with E-state index in [4.69, 9.17) is 10.8 Å². The van der Waals surface area contributed by atoms with Gasteiger partial charge in [0.15, 0.2) is 0 Å². The van der Waals surface area contributed by atoms with Crippen LogP contribution < -0.4 is 11.1 Å². The number of nitrogens with two attached hydrogens (primary N) is 1. The van der Waals surface area contributed by atoms with E-state index in [2.05, 4.69) is 5.32 Å². The van der Waals surface area contributed by atoms with Crippen LogP contribution in [0.1, 0.15) is 27.2 Å². The molecule has 0 saturated carbocycles. The summed E-state index contributed by atoms with van der Waals surface area (Å²) >= 11 is 0. The number of aliphatic carboxylic acids is 1. The molecule has 1 atom stereocenters. The Morgan fingerprint density at radius 3 is 2.07 bits per heavy atom. The minimum absolute atomic E-state index is 0. The average Bonchev–Trinajstić information content (AvgIpc) is 1.81. The number of carboxylic acid groups (broad SMARTS) is 1. The quantitative estimate of drug-likeness (QED) is 0.633. The highest BCUT2D eigenvalue weighted by Gasteiger charge is 2.24. The number of nitrogens with one attached hydrogen (secondary N) is 1. The first kappa shape index (κ1) is 15.7. The van der Waals surface area contributed by atoms with Gasteiger partial charge in [-0.15, -0.1) is 12.4 Å². The molecule has 0 aromatic carbocycles. The molecule has 84 valence electrons. The summed E-state index contributed by atoms with van der Waals surface area (Å²) in [6.45, 7) is 5.47. The molecule has 0 radical (unpaired) electrons. The zero-order chi connectivity index (χ0) is 10.6. The highest BCUT2D eigenvalue weighted by Crippen LogP contribution is 2.03. The van der Waals surface area contributed by atoms with Crippen molar-refractivity contribution in [3.63, 3.8) is 0 Å². The summed E-state index contributed by atoms with van der Waals surface area (Å²) in [4.78, 5) is 21.2. The van der Waals surface area contributed by atoms with Crippen LogP contribution in [0.15, 0.2) is 0 Å². The van der Waals surface area contributed by atoms with Crippen LogP contribution in [-0.2, 0) is 9.59 Å². The highest BCUT2D eigenvalue weighted by molar-refractivity contribution is 5.85. The average molecular weight is 225 g/mol. The molecule has 5 nitrogen and oxygen atoms in total. The van der Waals surface area contributed by atoms with Crippen molar-refractivity contribution in [2.75, 3.05) is 0 Å². The zero-order valence-corrected chi connectivity index (χ0v) is 9.35. The Balaban J connectivity index is 0. The van der Waals surface area contributed by atoms with Crippen molar-refractivity contribution in [3.05, 3.63) is 0 Å². The molecule has 0 aliphatic carbocycles. The number of amides is 1. The number of carbonyl (C=O) groups is 2. The van der Waals surface area contributed by atoms with E-state index in [9.17, 15) is 9.59 Å². The highest BCUT2D eigenvalue weighted by atomic mass is 35.5. The summed E-state index contributed by atoms with van der Waals surface area (Å²) in [7, 11) is 0. The molecule has 1 unspecified atom stereocenters. The molecule has 1 amide bonds. The van der Waals surface area contributed by atoms with Crippen molar-refractivity contribution in [1.82, 2.24) is 5.32 Å². The van der Waals surface area contributed by atoms with Gasteiger partial charge >= 0.3 is 5.97 Å². The summed E-state index contributed by atoms with van der Waals surface area (Å²) in [6.07, 6.45) is -0.188. The normalized spacial score (nSPS) is 12.8. The Morgan fingerprint density at radius 1 is 1.43 bits per heavy atom. The Hall–Kier alpha value is -0.810. The van der Waals surface area contributed by atoms with Crippen molar-refractivity contribution in [2.24, 2.45) is 5.73 Å². The summed E-state index contributed by atoms with van der Waals surface area (Å²) in [5, 5.41) is 11.5. The minimum atomic E-state index is -1.06. The van der Waals surface area contributed by atoms with Crippen LogP contribution in [-0.4, -0.2) is 28.6 Å². The van der Waals surface area contributed by atoms with E-state index in [1.807, 2.05) is 20.8 Å². The first-order valence-corrected chi connectivity index (χ1v) is 4.01. The van der Waals surface area contributed by atoms with Crippen LogP contribution >= 0.6 is 12.4 Å². The lowest BCUT2D eigenvalue weighted by atomic mass is 10.1. The largest absolute Gasteiger partial charge is 0.480 e. The molecule has 0 rings (SSSR count). The van der Waals surface area contributed by atoms with Crippen LogP contribution in [0.4, 0.5) is 0 Å². The molecule has 0 saturated heterocycles.